The summed E-state index contributed by atoms with van der Waals surface area (Å²) in [6, 6.07) is 8.00. The first-order valence-electron chi connectivity index (χ1n) is 8.92. The second kappa shape index (κ2) is 7.52. The number of sulfonamides is 1. The Balaban J connectivity index is 1.53. The number of likely N-dealkylation sites (tertiary alicyclic amines) is 1. The molecule has 1 heterocycles. The molecule has 1 saturated heterocycles. The molecule has 1 aliphatic carbocycles. The highest BCUT2D eigenvalue weighted by molar-refractivity contribution is 7.89. The molecule has 0 radical (unpaired) electrons. The van der Waals surface area contributed by atoms with Gasteiger partial charge >= 0.3 is 0 Å². The molecule has 2 fully saturated rings. The van der Waals surface area contributed by atoms with Crippen LogP contribution in [0.5, 0.6) is 0 Å². The molecule has 0 spiro atoms. The Labute approximate surface area is 146 Å². The molecule has 5 nitrogen and oxygen atoms in total. The van der Waals surface area contributed by atoms with Crippen molar-refractivity contribution in [1.82, 2.24) is 14.5 Å². The summed E-state index contributed by atoms with van der Waals surface area (Å²) in [6.07, 6.45) is 5.17. The highest BCUT2D eigenvalue weighted by Gasteiger charge is 2.24. The average molecular weight is 352 g/mol. The molecule has 0 aromatic heterocycles. The molecule has 1 saturated carbocycles. The summed E-state index contributed by atoms with van der Waals surface area (Å²) in [4.78, 5) is 2.81. The molecule has 1 aromatic carbocycles. The highest BCUT2D eigenvalue weighted by atomic mass is 32.2. The smallest absolute Gasteiger partial charge is 0.242 e. The summed E-state index contributed by atoms with van der Waals surface area (Å²) in [5.41, 5.74) is 1.07. The first-order chi connectivity index (χ1) is 11.4. The number of nitrogens with zero attached hydrogens (tertiary/aromatic N) is 2. The van der Waals surface area contributed by atoms with E-state index in [0.717, 1.165) is 31.1 Å². The van der Waals surface area contributed by atoms with Gasteiger partial charge in [-0.2, -0.15) is 0 Å². The van der Waals surface area contributed by atoms with Gasteiger partial charge < -0.3 is 5.32 Å². The molecule has 0 bridgehead atoms. The van der Waals surface area contributed by atoms with Crippen molar-refractivity contribution in [1.29, 1.82) is 0 Å². The zero-order valence-electron chi connectivity index (χ0n) is 14.7. The molecule has 0 atom stereocenters. The van der Waals surface area contributed by atoms with Crippen molar-refractivity contribution in [3.8, 4) is 0 Å². The third-order valence-electron chi connectivity index (χ3n) is 5.06. The van der Waals surface area contributed by atoms with Gasteiger partial charge in [0.2, 0.25) is 10.0 Å². The lowest BCUT2D eigenvalue weighted by molar-refractivity contribution is 0.190. The number of nitrogens with one attached hydrogen (secondary N) is 1. The Morgan fingerprint density at radius 1 is 1.17 bits per heavy atom. The van der Waals surface area contributed by atoms with E-state index in [9.17, 15) is 8.42 Å². The minimum absolute atomic E-state index is 0.381. The number of hydrogen-bond donors (Lipinski definition) is 1. The van der Waals surface area contributed by atoms with Crippen LogP contribution in [0.15, 0.2) is 29.2 Å². The zero-order chi connectivity index (χ0) is 17.2. The fourth-order valence-corrected chi connectivity index (χ4v) is 4.20. The van der Waals surface area contributed by atoms with Crippen molar-refractivity contribution in [3.05, 3.63) is 29.8 Å². The van der Waals surface area contributed by atoms with E-state index in [1.165, 1.54) is 36.5 Å². The van der Waals surface area contributed by atoms with Gasteiger partial charge in [-0.1, -0.05) is 12.1 Å². The normalized spacial score (nSPS) is 20.6. The third kappa shape index (κ3) is 4.57. The summed E-state index contributed by atoms with van der Waals surface area (Å²) in [5.74, 6) is 0.935. The zero-order valence-corrected chi connectivity index (χ0v) is 15.6. The lowest BCUT2D eigenvalue weighted by atomic mass is 10.0. The van der Waals surface area contributed by atoms with Crippen LogP contribution < -0.4 is 5.32 Å². The second-order valence-electron chi connectivity index (χ2n) is 7.34. The van der Waals surface area contributed by atoms with Crippen molar-refractivity contribution in [3.63, 3.8) is 0 Å². The van der Waals surface area contributed by atoms with E-state index in [4.69, 9.17) is 0 Å². The Kier molecular flexibility index (Phi) is 5.59. The quantitative estimate of drug-likeness (QED) is 0.815. The van der Waals surface area contributed by atoms with Gasteiger partial charge in [0.15, 0.2) is 0 Å². The lowest BCUT2D eigenvalue weighted by Crippen LogP contribution is -2.42. The van der Waals surface area contributed by atoms with E-state index in [0.29, 0.717) is 10.9 Å². The van der Waals surface area contributed by atoms with E-state index < -0.39 is 10.0 Å². The largest absolute Gasteiger partial charge is 0.314 e. The van der Waals surface area contributed by atoms with Gasteiger partial charge in [-0.3, -0.25) is 4.90 Å². The molecule has 2 aliphatic rings. The van der Waals surface area contributed by atoms with Gasteiger partial charge in [0.25, 0.3) is 0 Å². The van der Waals surface area contributed by atoms with Crippen LogP contribution in [0.4, 0.5) is 0 Å². The minimum atomic E-state index is -3.35. The standard InChI is InChI=1S/C18H29N3O2S/c1-20(2)24(22,23)18-5-3-4-16(12-18)14-21-10-8-17(9-11-21)19-13-15-6-7-15/h3-5,12,15,17,19H,6-11,13-14H2,1-2H3. The van der Waals surface area contributed by atoms with Crippen LogP contribution in [0.1, 0.15) is 31.2 Å². The van der Waals surface area contributed by atoms with Crippen molar-refractivity contribution < 1.29 is 8.42 Å². The molecule has 24 heavy (non-hydrogen) atoms. The molecule has 0 amide bonds. The number of piperidine rings is 1. The van der Waals surface area contributed by atoms with Crippen molar-refractivity contribution in [2.45, 2.75) is 43.2 Å². The summed E-state index contributed by atoms with van der Waals surface area (Å²) in [5, 5.41) is 3.70. The van der Waals surface area contributed by atoms with Gasteiger partial charge in [-0.05, 0) is 68.9 Å². The molecule has 1 aromatic rings. The second-order valence-corrected chi connectivity index (χ2v) is 9.49. The predicted molar refractivity (Wildman–Crippen MR) is 96.3 cm³/mol. The molecule has 6 heteroatoms. The molecule has 0 unspecified atom stereocenters. The molecule has 134 valence electrons. The topological polar surface area (TPSA) is 52.7 Å². The first kappa shape index (κ1) is 17.9. The van der Waals surface area contributed by atoms with Crippen LogP contribution in [0.25, 0.3) is 0 Å². The van der Waals surface area contributed by atoms with E-state index in [1.807, 2.05) is 18.2 Å². The molecule has 1 N–H and O–H groups in total. The van der Waals surface area contributed by atoms with Crippen LogP contribution in [0, 0.1) is 5.92 Å². The lowest BCUT2D eigenvalue weighted by Gasteiger charge is -2.32. The summed E-state index contributed by atoms with van der Waals surface area (Å²) in [7, 11) is -0.212. The Morgan fingerprint density at radius 2 is 1.88 bits per heavy atom. The summed E-state index contributed by atoms with van der Waals surface area (Å²) in [6.45, 7) is 4.17. The molecular formula is C18H29N3O2S. The van der Waals surface area contributed by atoms with Crippen LogP contribution in [0.2, 0.25) is 0 Å². The molecular weight excluding hydrogens is 322 g/mol. The van der Waals surface area contributed by atoms with E-state index in [1.54, 1.807) is 20.2 Å². The maximum atomic E-state index is 12.3. The van der Waals surface area contributed by atoms with Crippen LogP contribution in [0.3, 0.4) is 0 Å². The van der Waals surface area contributed by atoms with E-state index >= 15 is 0 Å². The van der Waals surface area contributed by atoms with Crippen molar-refractivity contribution in [2.75, 3.05) is 33.7 Å². The third-order valence-corrected chi connectivity index (χ3v) is 6.87. The van der Waals surface area contributed by atoms with Crippen molar-refractivity contribution in [2.24, 2.45) is 5.92 Å². The van der Waals surface area contributed by atoms with Gasteiger partial charge in [0.1, 0.15) is 0 Å². The number of benzene rings is 1. The molecule has 3 rings (SSSR count). The van der Waals surface area contributed by atoms with Gasteiger partial charge in [0.05, 0.1) is 4.90 Å². The first-order valence-corrected chi connectivity index (χ1v) is 10.4. The van der Waals surface area contributed by atoms with Crippen LogP contribution >= 0.6 is 0 Å². The molecule has 1 aliphatic heterocycles. The predicted octanol–water partition coefficient (Wildman–Crippen LogP) is 1.90. The SMILES string of the molecule is CN(C)S(=O)(=O)c1cccc(CN2CCC(NCC3CC3)CC2)c1. The Bertz CT molecular complexity index is 648. The van der Waals surface area contributed by atoms with Gasteiger partial charge in [-0.25, -0.2) is 12.7 Å². The van der Waals surface area contributed by atoms with E-state index in [2.05, 4.69) is 10.2 Å². The van der Waals surface area contributed by atoms with Crippen molar-refractivity contribution >= 4 is 10.0 Å². The van der Waals surface area contributed by atoms with E-state index in [-0.39, 0.29) is 0 Å². The maximum Gasteiger partial charge on any atom is 0.242 e. The fraction of sp³-hybridized carbons (Fsp3) is 0.667. The van der Waals surface area contributed by atoms with Crippen LogP contribution in [-0.2, 0) is 16.6 Å². The Hall–Kier alpha value is -0.950. The fourth-order valence-electron chi connectivity index (χ4n) is 3.22. The summed E-state index contributed by atoms with van der Waals surface area (Å²) >= 11 is 0. The monoisotopic (exact) mass is 351 g/mol. The number of hydrogen-bond acceptors (Lipinski definition) is 4. The van der Waals surface area contributed by atoms with Gasteiger partial charge in [0, 0.05) is 26.7 Å². The average Bonchev–Trinajstić information content (AvgIpc) is 3.39. The highest BCUT2D eigenvalue weighted by Crippen LogP contribution is 2.28. The van der Waals surface area contributed by atoms with Crippen LogP contribution in [-0.4, -0.2) is 57.4 Å². The number of rotatable bonds is 7. The minimum Gasteiger partial charge on any atom is -0.314 e. The maximum absolute atomic E-state index is 12.3. The summed E-state index contributed by atoms with van der Waals surface area (Å²) < 4.78 is 25.8. The Morgan fingerprint density at radius 3 is 2.50 bits per heavy atom. The van der Waals surface area contributed by atoms with Gasteiger partial charge in [-0.15, -0.1) is 0 Å².